The van der Waals surface area contributed by atoms with Gasteiger partial charge in [0.1, 0.15) is 11.6 Å². The first-order chi connectivity index (χ1) is 11.5. The Morgan fingerprint density at radius 3 is 2.62 bits per heavy atom. The van der Waals surface area contributed by atoms with Gasteiger partial charge in [-0.1, -0.05) is 18.2 Å². The third kappa shape index (κ3) is 3.38. The number of nitrogens with two attached hydrogens (primary N) is 1. The SMILES string of the molecule is CC(=O)Nc1[nH]cc(-c2ccc(Oc3cccc(C)n3)cc2)c1N. The van der Waals surface area contributed by atoms with Gasteiger partial charge in [-0.25, -0.2) is 4.98 Å². The fraction of sp³-hybridized carbons (Fsp3) is 0.111. The zero-order chi connectivity index (χ0) is 17.1. The summed E-state index contributed by atoms with van der Waals surface area (Å²) in [7, 11) is 0. The van der Waals surface area contributed by atoms with Crippen LogP contribution in [-0.4, -0.2) is 15.9 Å². The first-order valence-electron chi connectivity index (χ1n) is 7.49. The molecule has 3 rings (SSSR count). The van der Waals surface area contributed by atoms with Crippen molar-refractivity contribution in [2.45, 2.75) is 13.8 Å². The monoisotopic (exact) mass is 322 g/mol. The third-order valence-corrected chi connectivity index (χ3v) is 3.47. The lowest BCUT2D eigenvalue weighted by atomic mass is 10.1. The van der Waals surface area contributed by atoms with Crippen LogP contribution in [0.1, 0.15) is 12.6 Å². The highest BCUT2D eigenvalue weighted by molar-refractivity contribution is 5.95. The Hall–Kier alpha value is -3.28. The van der Waals surface area contributed by atoms with Crippen molar-refractivity contribution in [1.29, 1.82) is 0 Å². The molecule has 3 aromatic rings. The van der Waals surface area contributed by atoms with Crippen molar-refractivity contribution in [3.63, 3.8) is 0 Å². The lowest BCUT2D eigenvalue weighted by molar-refractivity contribution is -0.114. The van der Waals surface area contributed by atoms with E-state index in [1.807, 2.05) is 49.4 Å². The van der Waals surface area contributed by atoms with Crippen LogP contribution < -0.4 is 15.8 Å². The van der Waals surface area contributed by atoms with E-state index in [1.54, 1.807) is 6.20 Å². The molecule has 122 valence electrons. The summed E-state index contributed by atoms with van der Waals surface area (Å²) in [4.78, 5) is 18.4. The normalized spacial score (nSPS) is 10.4. The van der Waals surface area contributed by atoms with Gasteiger partial charge in [0, 0.05) is 30.4 Å². The van der Waals surface area contributed by atoms with Crippen LogP contribution in [0, 0.1) is 6.92 Å². The Balaban J connectivity index is 1.80. The lowest BCUT2D eigenvalue weighted by Crippen LogP contribution is -2.07. The number of pyridine rings is 1. The van der Waals surface area contributed by atoms with Gasteiger partial charge < -0.3 is 20.8 Å². The second-order valence-electron chi connectivity index (χ2n) is 5.42. The number of H-pyrrole nitrogens is 1. The molecule has 0 bridgehead atoms. The van der Waals surface area contributed by atoms with Crippen LogP contribution in [0.2, 0.25) is 0 Å². The Morgan fingerprint density at radius 1 is 1.21 bits per heavy atom. The highest BCUT2D eigenvalue weighted by Crippen LogP contribution is 2.33. The summed E-state index contributed by atoms with van der Waals surface area (Å²) in [5.41, 5.74) is 9.21. The number of rotatable bonds is 4. The van der Waals surface area contributed by atoms with Crippen molar-refractivity contribution in [2.75, 3.05) is 11.1 Å². The van der Waals surface area contributed by atoms with Crippen LogP contribution in [0.5, 0.6) is 11.6 Å². The summed E-state index contributed by atoms with van der Waals surface area (Å²) < 4.78 is 5.73. The van der Waals surface area contributed by atoms with Crippen LogP contribution in [0.25, 0.3) is 11.1 Å². The zero-order valence-corrected chi connectivity index (χ0v) is 13.5. The van der Waals surface area contributed by atoms with Gasteiger partial charge in [0.05, 0.1) is 5.69 Å². The summed E-state index contributed by atoms with van der Waals surface area (Å²) in [6.45, 7) is 3.35. The third-order valence-electron chi connectivity index (χ3n) is 3.47. The van der Waals surface area contributed by atoms with Gasteiger partial charge in [0.2, 0.25) is 11.8 Å². The summed E-state index contributed by atoms with van der Waals surface area (Å²) in [5.74, 6) is 1.57. The number of nitrogens with zero attached hydrogens (tertiary/aromatic N) is 1. The summed E-state index contributed by atoms with van der Waals surface area (Å²) in [6, 6.07) is 13.1. The number of carbonyl (C=O) groups excluding carboxylic acids is 1. The molecule has 0 spiro atoms. The molecule has 24 heavy (non-hydrogen) atoms. The van der Waals surface area contributed by atoms with Crippen LogP contribution in [0.3, 0.4) is 0 Å². The molecule has 0 unspecified atom stereocenters. The van der Waals surface area contributed by atoms with Gasteiger partial charge in [-0.15, -0.1) is 0 Å². The van der Waals surface area contributed by atoms with E-state index >= 15 is 0 Å². The average Bonchev–Trinajstić information content (AvgIpc) is 2.89. The van der Waals surface area contributed by atoms with E-state index in [2.05, 4.69) is 15.3 Å². The molecule has 0 aliphatic carbocycles. The maximum Gasteiger partial charge on any atom is 0.222 e. The number of amides is 1. The van der Waals surface area contributed by atoms with Crippen molar-refractivity contribution in [2.24, 2.45) is 0 Å². The van der Waals surface area contributed by atoms with Crippen molar-refractivity contribution in [3.8, 4) is 22.8 Å². The van der Waals surface area contributed by atoms with Crippen molar-refractivity contribution in [3.05, 3.63) is 54.4 Å². The van der Waals surface area contributed by atoms with E-state index in [0.717, 1.165) is 16.8 Å². The standard InChI is InChI=1S/C18H18N4O2/c1-11-4-3-5-16(21-11)24-14-8-6-13(7-9-14)15-10-20-18(17(15)19)22-12(2)23/h3-10,20H,19H2,1-2H3,(H,22,23). The van der Waals surface area contributed by atoms with Crippen molar-refractivity contribution >= 4 is 17.4 Å². The van der Waals surface area contributed by atoms with Crippen LogP contribution >= 0.6 is 0 Å². The number of hydrogen-bond donors (Lipinski definition) is 3. The fourth-order valence-electron chi connectivity index (χ4n) is 2.35. The van der Waals surface area contributed by atoms with E-state index in [4.69, 9.17) is 10.5 Å². The van der Waals surface area contributed by atoms with Crippen LogP contribution in [0.4, 0.5) is 11.5 Å². The second kappa shape index (κ2) is 6.45. The maximum atomic E-state index is 11.1. The highest BCUT2D eigenvalue weighted by Gasteiger charge is 2.11. The Morgan fingerprint density at radius 2 is 1.96 bits per heavy atom. The molecule has 4 N–H and O–H groups in total. The van der Waals surface area contributed by atoms with E-state index in [9.17, 15) is 4.79 Å². The Kier molecular flexibility index (Phi) is 4.20. The van der Waals surface area contributed by atoms with Crippen molar-refractivity contribution in [1.82, 2.24) is 9.97 Å². The smallest absolute Gasteiger partial charge is 0.222 e. The number of benzene rings is 1. The lowest BCUT2D eigenvalue weighted by Gasteiger charge is -2.07. The first kappa shape index (κ1) is 15.6. The number of nitrogens with one attached hydrogen (secondary N) is 2. The molecule has 6 heteroatoms. The molecule has 0 saturated carbocycles. The minimum absolute atomic E-state index is 0.176. The molecule has 0 atom stereocenters. The van der Waals surface area contributed by atoms with Crippen LogP contribution in [0.15, 0.2) is 48.7 Å². The molecule has 0 saturated heterocycles. The number of ether oxygens (including phenoxy) is 1. The molecule has 2 aromatic heterocycles. The highest BCUT2D eigenvalue weighted by atomic mass is 16.5. The average molecular weight is 322 g/mol. The number of nitrogen functional groups attached to an aromatic ring is 1. The predicted molar refractivity (Wildman–Crippen MR) is 94.0 cm³/mol. The first-order valence-corrected chi connectivity index (χ1v) is 7.49. The van der Waals surface area contributed by atoms with Crippen LogP contribution in [-0.2, 0) is 4.79 Å². The molecular weight excluding hydrogens is 304 g/mol. The molecule has 6 nitrogen and oxygen atoms in total. The fourth-order valence-corrected chi connectivity index (χ4v) is 2.35. The van der Waals surface area contributed by atoms with Gasteiger partial charge in [-0.2, -0.15) is 0 Å². The zero-order valence-electron chi connectivity index (χ0n) is 13.5. The minimum atomic E-state index is -0.176. The summed E-state index contributed by atoms with van der Waals surface area (Å²) in [5, 5.41) is 2.66. The largest absolute Gasteiger partial charge is 0.439 e. The molecule has 0 aliphatic heterocycles. The number of aromatic nitrogens is 2. The van der Waals surface area contributed by atoms with Gasteiger partial charge >= 0.3 is 0 Å². The second-order valence-corrected chi connectivity index (χ2v) is 5.42. The molecule has 2 heterocycles. The maximum absolute atomic E-state index is 11.1. The van der Waals surface area contributed by atoms with E-state index in [-0.39, 0.29) is 5.91 Å². The minimum Gasteiger partial charge on any atom is -0.439 e. The summed E-state index contributed by atoms with van der Waals surface area (Å²) >= 11 is 0. The number of anilines is 2. The number of aryl methyl sites for hydroxylation is 1. The van der Waals surface area contributed by atoms with Gasteiger partial charge in [0.25, 0.3) is 0 Å². The number of hydrogen-bond acceptors (Lipinski definition) is 4. The topological polar surface area (TPSA) is 93.0 Å². The molecular formula is C18H18N4O2. The van der Waals surface area contributed by atoms with E-state index in [0.29, 0.717) is 23.1 Å². The molecule has 0 radical (unpaired) electrons. The summed E-state index contributed by atoms with van der Waals surface area (Å²) in [6.07, 6.45) is 1.76. The Bertz CT molecular complexity index is 869. The van der Waals surface area contributed by atoms with Gasteiger partial charge in [-0.3, -0.25) is 4.79 Å². The predicted octanol–water partition coefficient (Wildman–Crippen LogP) is 3.72. The quantitative estimate of drug-likeness (QED) is 0.682. The van der Waals surface area contributed by atoms with Crippen molar-refractivity contribution < 1.29 is 9.53 Å². The molecule has 1 aromatic carbocycles. The number of aromatic amines is 1. The number of carbonyl (C=O) groups is 1. The Labute approximate surface area is 139 Å². The van der Waals surface area contributed by atoms with Gasteiger partial charge in [-0.05, 0) is 30.7 Å². The van der Waals surface area contributed by atoms with E-state index < -0.39 is 0 Å². The van der Waals surface area contributed by atoms with Gasteiger partial charge in [0.15, 0.2) is 0 Å². The molecule has 0 fully saturated rings. The van der Waals surface area contributed by atoms with E-state index in [1.165, 1.54) is 6.92 Å². The molecule has 1 amide bonds. The molecule has 0 aliphatic rings.